The molecule has 22 heteroatoms. The fourth-order valence-corrected chi connectivity index (χ4v) is 14.9. The minimum Gasteiger partial charge on any atom is -0.504 e. The Morgan fingerprint density at radius 2 is 1.51 bits per heavy atom. The lowest BCUT2D eigenvalue weighted by Gasteiger charge is -2.62. The number of anilines is 1. The van der Waals surface area contributed by atoms with Crippen LogP contribution in [0.15, 0.2) is 134 Å². The molecule has 6 aliphatic rings. The van der Waals surface area contributed by atoms with Gasteiger partial charge in [0.2, 0.25) is 11.7 Å². The number of fused-ring (bicyclic) bond motifs is 5. The number of nitrogens with zero attached hydrogens (tertiary/aromatic N) is 4. The molecule has 18 nitrogen and oxygen atoms in total. The number of aromatic hydroxyl groups is 2. The first-order valence-corrected chi connectivity index (χ1v) is 31.4. The number of amides is 1. The molecule has 3 saturated carbocycles. The number of piperazine rings is 1. The van der Waals surface area contributed by atoms with Crippen molar-refractivity contribution < 1.29 is 72.5 Å². The minimum absolute atomic E-state index is 0.00662. The number of imidazole rings is 1. The summed E-state index contributed by atoms with van der Waals surface area (Å²) in [5.41, 5.74) is -1.75. The van der Waals surface area contributed by atoms with E-state index in [-0.39, 0.29) is 71.4 Å². The van der Waals surface area contributed by atoms with Crippen molar-refractivity contribution in [2.45, 2.75) is 95.6 Å². The van der Waals surface area contributed by atoms with Gasteiger partial charge >= 0.3 is 0 Å². The van der Waals surface area contributed by atoms with Crippen molar-refractivity contribution in [3.8, 4) is 28.7 Å². The third kappa shape index (κ3) is 14.0. The zero-order valence-electron chi connectivity index (χ0n) is 51.5. The molecule has 1 amide bonds. The molecule has 484 valence electrons. The van der Waals surface area contributed by atoms with Gasteiger partial charge in [0.25, 0.3) is 0 Å². The summed E-state index contributed by atoms with van der Waals surface area (Å²) in [5.74, 6) is -2.32. The summed E-state index contributed by atoms with van der Waals surface area (Å²) in [6.45, 7) is 11.2. The van der Waals surface area contributed by atoms with Gasteiger partial charge < -0.3 is 58.5 Å². The van der Waals surface area contributed by atoms with Gasteiger partial charge in [0, 0.05) is 78.5 Å². The van der Waals surface area contributed by atoms with Crippen LogP contribution >= 0.6 is 34.8 Å². The second-order valence-electron chi connectivity index (χ2n) is 24.3. The number of phenols is 2. The van der Waals surface area contributed by atoms with E-state index in [2.05, 4.69) is 9.88 Å². The lowest BCUT2D eigenvalue weighted by atomic mass is 9.44. The molecule has 10 atom stereocenters. The van der Waals surface area contributed by atoms with Crippen molar-refractivity contribution in [1.29, 1.82) is 0 Å². The summed E-state index contributed by atoms with van der Waals surface area (Å²) < 4.78 is 47.5. The first kappa shape index (κ1) is 68.0. The number of allylic oxidation sites excluding steroid dienone is 6. The Morgan fingerprint density at radius 1 is 0.868 bits per heavy atom. The topological polar surface area (TPSA) is 237 Å². The van der Waals surface area contributed by atoms with E-state index in [4.69, 9.17) is 58.5 Å². The highest BCUT2D eigenvalue weighted by atomic mass is 35.5. The van der Waals surface area contributed by atoms with Gasteiger partial charge in [0.05, 0.1) is 57.1 Å². The second-order valence-corrected chi connectivity index (χ2v) is 25.4. The van der Waals surface area contributed by atoms with Gasteiger partial charge in [0.1, 0.15) is 24.1 Å². The van der Waals surface area contributed by atoms with Crippen molar-refractivity contribution >= 4 is 81.7 Å². The molecular weight excluding hydrogens is 1230 g/mol. The maximum atomic E-state index is 16.9. The lowest BCUT2D eigenvalue weighted by molar-refractivity contribution is -0.218. The number of hydrogen-bond acceptors (Lipinski definition) is 16. The van der Waals surface area contributed by atoms with Gasteiger partial charge in [-0.3, -0.25) is 24.0 Å². The van der Waals surface area contributed by atoms with Crippen LogP contribution in [-0.4, -0.2) is 147 Å². The number of aliphatic hydroxyl groups is 2. The number of halogens is 4. The van der Waals surface area contributed by atoms with Crippen LogP contribution in [-0.2, 0) is 45.8 Å². The smallest absolute Gasteiger partial charge is 0.219 e. The summed E-state index contributed by atoms with van der Waals surface area (Å²) in [6, 6.07) is 22.6. The van der Waals surface area contributed by atoms with E-state index in [0.717, 1.165) is 43.2 Å². The van der Waals surface area contributed by atoms with Crippen LogP contribution in [0, 0.1) is 28.6 Å². The molecule has 4 N–H and O–H groups in total. The van der Waals surface area contributed by atoms with Gasteiger partial charge in [-0.1, -0.05) is 79.0 Å². The number of rotatable bonds is 17. The summed E-state index contributed by atoms with van der Waals surface area (Å²) in [4.78, 5) is 68.2. The lowest BCUT2D eigenvalue weighted by Crippen LogP contribution is -2.69. The molecule has 2 aliphatic heterocycles. The fraction of sp³-hybridized carbons (Fsp3) is 0.420. The summed E-state index contributed by atoms with van der Waals surface area (Å²) in [6.07, 6.45) is 15.1. The van der Waals surface area contributed by atoms with Crippen LogP contribution < -0.4 is 19.1 Å². The van der Waals surface area contributed by atoms with Crippen molar-refractivity contribution in [3.05, 3.63) is 160 Å². The van der Waals surface area contributed by atoms with E-state index in [1.807, 2.05) is 59.8 Å². The van der Waals surface area contributed by atoms with Crippen molar-refractivity contribution in [3.63, 3.8) is 0 Å². The minimum atomic E-state index is -1.95. The molecule has 0 spiro atoms. The van der Waals surface area contributed by atoms with Gasteiger partial charge in [-0.25, -0.2) is 9.37 Å². The highest BCUT2D eigenvalue weighted by molar-refractivity contribution is 6.35. The number of carbonyl (C=O) groups is 5. The predicted molar refractivity (Wildman–Crippen MR) is 343 cm³/mol. The third-order valence-electron chi connectivity index (χ3n) is 19.0. The molecule has 4 aliphatic carbocycles. The zero-order valence-corrected chi connectivity index (χ0v) is 53.8. The zero-order chi connectivity index (χ0) is 65.6. The number of aromatic nitrogens is 2. The highest BCUT2D eigenvalue weighted by Gasteiger charge is 2.75. The van der Waals surface area contributed by atoms with Gasteiger partial charge in [0.15, 0.2) is 51.8 Å². The normalized spacial score (nSPS) is 28.2. The number of ether oxygens (including phenoxy) is 5. The Hall–Kier alpha value is -7.36. The van der Waals surface area contributed by atoms with Crippen LogP contribution in [0.4, 0.5) is 10.1 Å². The fourth-order valence-electron chi connectivity index (χ4n) is 14.1. The summed E-state index contributed by atoms with van der Waals surface area (Å²) in [5, 5.41) is 42.7. The Balaban J connectivity index is 0.000000164. The van der Waals surface area contributed by atoms with Gasteiger partial charge in [-0.15, -0.1) is 11.6 Å². The molecule has 2 saturated heterocycles. The Labute approximate surface area is 543 Å². The Bertz CT molecular complexity index is 3560. The van der Waals surface area contributed by atoms with Crippen LogP contribution in [0.3, 0.4) is 0 Å². The molecule has 3 heterocycles. The number of phenolic OH excluding ortho intramolecular Hbond substituents is 2. The van der Waals surface area contributed by atoms with E-state index in [1.54, 1.807) is 81.0 Å². The maximum absolute atomic E-state index is 16.9. The molecule has 5 aromatic rings. The summed E-state index contributed by atoms with van der Waals surface area (Å²) in [7, 11) is 2.87. The standard InChI is InChI=1S/C26H28Cl2N4O4.C22H28ClFO4.C21H20O6/c1-19(33)31-10-12-32(13-11-31)21-3-5-22(6-4-21)34-15-23-16-35-26(36-23,17-30-9-8-29-18-30)24-7-2-20(27)14-25(24)28;1-12-8-16-15-5-4-13-9-14(25)6-7-19(13,2)21(15,24)17(26)10-20(16,3)22(12,28)18(27)11-23;1-26-20-11-14(5-9-18(20)24)3-7-16(22)13-17(23)8-4-15-6-10-19(25)21(12-15)27-2/h2-9,14,18,23H,10-13,15-17H2,1H3;6-7,9,12,15-17,26,28H,4-5,8,10-11H2,1-3H3;3-12,24-25H,13H2,1-2H3/b;;7-3+,8-4+/t23-,26-;12-,15-,16-,17-,19-,20-,21-,22-;/m00./s1. The predicted octanol–water partition coefficient (Wildman–Crippen LogP) is 10.7. The largest absolute Gasteiger partial charge is 0.504 e. The molecule has 4 aromatic carbocycles. The molecule has 5 fully saturated rings. The van der Waals surface area contributed by atoms with Crippen LogP contribution in [0.1, 0.15) is 76.5 Å². The first-order chi connectivity index (χ1) is 43.3. The maximum Gasteiger partial charge on any atom is 0.219 e. The number of ketones is 4. The quantitative estimate of drug-likeness (QED) is 0.0385. The monoisotopic (exact) mass is 1310 g/mol. The highest BCUT2D eigenvalue weighted by Crippen LogP contribution is 2.71. The molecule has 0 bridgehead atoms. The third-order valence-corrected chi connectivity index (χ3v) is 19.8. The SMILES string of the molecule is CC(=O)N1CCN(c2ccc(OC[C@H]3CO[C@](Cn4ccnc4)(c4ccc(Cl)cc4Cl)O3)cc2)CC1.COc1cc(/C=C/C(=O)CC(=O)/C=C/c2ccc(O)c(OC)c2)ccc1O.C[C@H]1C[C@H]2[C@@H]3CCC4=CC(=O)C=C[C@]4(C)[C@@]3(F)[C@@H](O)C[C@]2(C)[C@@]1(O)C(=O)CCl. The van der Waals surface area contributed by atoms with E-state index >= 15 is 4.39 Å². The summed E-state index contributed by atoms with van der Waals surface area (Å²) >= 11 is 18.5. The van der Waals surface area contributed by atoms with Crippen LogP contribution in [0.25, 0.3) is 12.2 Å². The number of aliphatic hydroxyl groups excluding tert-OH is 1. The molecule has 1 aromatic heterocycles. The molecular formula is C69H76Cl3FN4O14. The first-order valence-electron chi connectivity index (χ1n) is 30.1. The number of methoxy groups -OCH3 is 2. The van der Waals surface area contributed by atoms with Gasteiger partial charge in [-0.2, -0.15) is 0 Å². The second kappa shape index (κ2) is 28.2. The van der Waals surface area contributed by atoms with Gasteiger partial charge in [-0.05, 0) is 141 Å². The van der Waals surface area contributed by atoms with E-state index in [1.165, 1.54) is 50.7 Å². The average Bonchev–Trinajstić information content (AvgIpc) is 1.64. The Morgan fingerprint density at radius 3 is 2.08 bits per heavy atom. The molecule has 0 unspecified atom stereocenters. The van der Waals surface area contributed by atoms with Crippen molar-refractivity contribution in [1.82, 2.24) is 14.5 Å². The molecule has 91 heavy (non-hydrogen) atoms. The van der Waals surface area contributed by atoms with E-state index in [9.17, 15) is 44.4 Å². The molecule has 11 rings (SSSR count). The van der Waals surface area contributed by atoms with E-state index < -0.39 is 45.7 Å². The average molecular weight is 1310 g/mol. The van der Waals surface area contributed by atoms with Crippen LogP contribution in [0.2, 0.25) is 10.0 Å². The number of carbonyl (C=O) groups excluding carboxylic acids is 5. The number of benzene rings is 4. The van der Waals surface area contributed by atoms with Crippen molar-refractivity contribution in [2.24, 2.45) is 28.6 Å². The molecule has 0 radical (unpaired) electrons. The number of alkyl halides is 2. The number of Topliss-reactive ketones (excluding diaryl/α,β-unsaturated/α-hetero) is 1. The number of hydrogen-bond donors (Lipinski definition) is 4. The van der Waals surface area contributed by atoms with Crippen molar-refractivity contribution in [2.75, 3.05) is 64.4 Å². The Kier molecular flexibility index (Phi) is 21.1. The van der Waals surface area contributed by atoms with E-state index in [0.29, 0.717) is 77.3 Å². The van der Waals surface area contributed by atoms with Crippen LogP contribution in [0.5, 0.6) is 28.7 Å².